The molecule has 1 rings (SSSR count). The Kier molecular flexibility index (Phi) is 5.87. The van der Waals surface area contributed by atoms with Gasteiger partial charge in [-0.1, -0.05) is 0 Å². The van der Waals surface area contributed by atoms with E-state index in [2.05, 4.69) is 10.1 Å². The third kappa shape index (κ3) is 6.06. The molecule has 0 spiro atoms. The van der Waals surface area contributed by atoms with Gasteiger partial charge in [0, 0.05) is 12.6 Å². The van der Waals surface area contributed by atoms with Crippen molar-refractivity contribution in [2.24, 2.45) is 0 Å². The van der Waals surface area contributed by atoms with Crippen LogP contribution in [0.4, 0.5) is 4.79 Å². The summed E-state index contributed by atoms with van der Waals surface area (Å²) in [4.78, 5) is 33.4. The Balaban J connectivity index is 2.26. The molecule has 0 aliphatic heterocycles. The number of nitrogens with one attached hydrogen (secondary N) is 2. The number of carbonyl (C=O) groups excluding carboxylic acids is 3. The van der Waals surface area contributed by atoms with Crippen LogP contribution in [-0.2, 0) is 14.3 Å². The lowest BCUT2D eigenvalue weighted by Gasteiger charge is -2.04. The van der Waals surface area contributed by atoms with Crippen LogP contribution < -0.4 is 10.6 Å². The van der Waals surface area contributed by atoms with Crippen molar-refractivity contribution in [3.05, 3.63) is 30.2 Å². The number of imide groups is 1. The molecule has 7 nitrogen and oxygen atoms in total. The summed E-state index contributed by atoms with van der Waals surface area (Å²) >= 11 is 0. The minimum atomic E-state index is -0.706. The maximum absolute atomic E-state index is 11.2. The van der Waals surface area contributed by atoms with Gasteiger partial charge in [0.25, 0.3) is 5.91 Å². The van der Waals surface area contributed by atoms with Crippen LogP contribution in [0.2, 0.25) is 0 Å². The van der Waals surface area contributed by atoms with Gasteiger partial charge in [-0.05, 0) is 25.1 Å². The summed E-state index contributed by atoms with van der Waals surface area (Å²) in [6, 6.07) is 2.70. The Hall–Kier alpha value is -2.57. The average Bonchev–Trinajstić information content (AvgIpc) is 2.87. The Morgan fingerprint density at radius 1 is 1.42 bits per heavy atom. The third-order valence-electron chi connectivity index (χ3n) is 1.86. The van der Waals surface area contributed by atoms with Crippen molar-refractivity contribution < 1.29 is 23.5 Å². The van der Waals surface area contributed by atoms with Crippen LogP contribution in [0.5, 0.6) is 0 Å². The van der Waals surface area contributed by atoms with Crippen LogP contribution in [0.1, 0.15) is 12.7 Å². The van der Waals surface area contributed by atoms with Crippen molar-refractivity contribution in [3.63, 3.8) is 0 Å². The van der Waals surface area contributed by atoms with E-state index in [9.17, 15) is 14.4 Å². The molecule has 102 valence electrons. The molecule has 0 bridgehead atoms. The first-order chi connectivity index (χ1) is 9.11. The van der Waals surface area contributed by atoms with Crippen LogP contribution in [-0.4, -0.2) is 31.1 Å². The Labute approximate surface area is 109 Å². The number of ether oxygens (including phenoxy) is 1. The maximum Gasteiger partial charge on any atom is 0.331 e. The predicted octanol–water partition coefficient (Wildman–Crippen LogP) is 0.682. The fraction of sp³-hybridized carbons (Fsp3) is 0.250. The van der Waals surface area contributed by atoms with E-state index in [1.165, 1.54) is 12.3 Å². The zero-order valence-electron chi connectivity index (χ0n) is 10.3. The lowest BCUT2D eigenvalue weighted by Crippen LogP contribution is -2.41. The van der Waals surface area contributed by atoms with Gasteiger partial charge in [0.1, 0.15) is 5.76 Å². The number of hydrogen-bond acceptors (Lipinski definition) is 5. The van der Waals surface area contributed by atoms with Crippen molar-refractivity contribution >= 4 is 24.0 Å². The highest BCUT2D eigenvalue weighted by Gasteiger charge is 2.08. The number of carbonyl (C=O) groups is 3. The van der Waals surface area contributed by atoms with Crippen molar-refractivity contribution in [1.29, 1.82) is 0 Å². The maximum atomic E-state index is 11.2. The fourth-order valence-corrected chi connectivity index (χ4v) is 1.09. The standard InChI is InChI=1S/C12H14N2O5/c1-2-13-12(17)14-10(15)8-19-11(16)6-5-9-4-3-7-18-9/h3-7H,2,8H2,1H3,(H2,13,14,15,17). The molecular weight excluding hydrogens is 252 g/mol. The molecule has 3 amide bonds. The number of urea groups is 1. The first-order valence-corrected chi connectivity index (χ1v) is 5.58. The second-order valence-corrected chi connectivity index (χ2v) is 3.36. The topological polar surface area (TPSA) is 97.6 Å². The van der Waals surface area contributed by atoms with E-state index >= 15 is 0 Å². The van der Waals surface area contributed by atoms with Crippen molar-refractivity contribution in [1.82, 2.24) is 10.6 Å². The molecule has 1 heterocycles. The van der Waals surface area contributed by atoms with Gasteiger partial charge in [0.15, 0.2) is 6.61 Å². The van der Waals surface area contributed by atoms with Gasteiger partial charge in [0.2, 0.25) is 0 Å². The molecule has 1 aromatic heterocycles. The van der Waals surface area contributed by atoms with Gasteiger partial charge >= 0.3 is 12.0 Å². The van der Waals surface area contributed by atoms with E-state index in [1.54, 1.807) is 19.1 Å². The monoisotopic (exact) mass is 266 g/mol. The Morgan fingerprint density at radius 2 is 2.21 bits per heavy atom. The molecule has 0 aliphatic rings. The largest absolute Gasteiger partial charge is 0.465 e. The lowest BCUT2D eigenvalue weighted by molar-refractivity contribution is -0.143. The van der Waals surface area contributed by atoms with Crippen molar-refractivity contribution in [3.8, 4) is 0 Å². The molecule has 0 radical (unpaired) electrons. The predicted molar refractivity (Wildman–Crippen MR) is 65.9 cm³/mol. The summed E-state index contributed by atoms with van der Waals surface area (Å²) in [6.45, 7) is 1.58. The van der Waals surface area contributed by atoms with Gasteiger partial charge in [-0.15, -0.1) is 0 Å². The van der Waals surface area contributed by atoms with E-state index in [4.69, 9.17) is 4.42 Å². The number of hydrogen-bond donors (Lipinski definition) is 2. The Bertz CT molecular complexity index is 464. The van der Waals surface area contributed by atoms with Gasteiger partial charge in [-0.2, -0.15) is 0 Å². The molecule has 1 aromatic rings. The zero-order chi connectivity index (χ0) is 14.1. The highest BCUT2D eigenvalue weighted by Crippen LogP contribution is 2.02. The molecule has 0 fully saturated rings. The summed E-state index contributed by atoms with van der Waals surface area (Å²) in [5.74, 6) is -0.920. The molecule has 0 saturated heterocycles. The average molecular weight is 266 g/mol. The number of esters is 1. The van der Waals surface area contributed by atoms with Crippen LogP contribution >= 0.6 is 0 Å². The van der Waals surface area contributed by atoms with Gasteiger partial charge in [0.05, 0.1) is 6.26 Å². The molecule has 0 unspecified atom stereocenters. The van der Waals surface area contributed by atoms with Gasteiger partial charge in [-0.3, -0.25) is 10.1 Å². The first kappa shape index (κ1) is 14.5. The highest BCUT2D eigenvalue weighted by atomic mass is 16.5. The smallest absolute Gasteiger partial charge is 0.331 e. The summed E-state index contributed by atoms with van der Waals surface area (Å²) in [5, 5.41) is 4.37. The molecule has 0 aliphatic carbocycles. The van der Waals surface area contributed by atoms with Crippen molar-refractivity contribution in [2.45, 2.75) is 6.92 Å². The van der Waals surface area contributed by atoms with Crippen LogP contribution in [0.15, 0.2) is 28.9 Å². The summed E-state index contributed by atoms with van der Waals surface area (Å²) < 4.78 is 9.58. The second kappa shape index (κ2) is 7.70. The number of rotatable bonds is 5. The van der Waals surface area contributed by atoms with Crippen LogP contribution in [0, 0.1) is 0 Å². The molecule has 2 N–H and O–H groups in total. The van der Waals surface area contributed by atoms with E-state index < -0.39 is 24.5 Å². The molecule has 19 heavy (non-hydrogen) atoms. The first-order valence-electron chi connectivity index (χ1n) is 5.58. The fourth-order valence-electron chi connectivity index (χ4n) is 1.09. The summed E-state index contributed by atoms with van der Waals surface area (Å²) in [7, 11) is 0. The Morgan fingerprint density at radius 3 is 2.84 bits per heavy atom. The van der Waals surface area contributed by atoms with E-state index in [0.717, 1.165) is 6.08 Å². The second-order valence-electron chi connectivity index (χ2n) is 3.36. The minimum absolute atomic E-state index is 0.394. The summed E-state index contributed by atoms with van der Waals surface area (Å²) in [5.41, 5.74) is 0. The molecule has 7 heteroatoms. The van der Waals surface area contributed by atoms with Crippen LogP contribution in [0.3, 0.4) is 0 Å². The van der Waals surface area contributed by atoms with Crippen LogP contribution in [0.25, 0.3) is 6.08 Å². The highest BCUT2D eigenvalue weighted by molar-refractivity contribution is 5.96. The lowest BCUT2D eigenvalue weighted by atomic mass is 10.4. The third-order valence-corrected chi connectivity index (χ3v) is 1.86. The molecule has 0 aromatic carbocycles. The van der Waals surface area contributed by atoms with Gasteiger partial charge in [-0.25, -0.2) is 9.59 Å². The minimum Gasteiger partial charge on any atom is -0.465 e. The number of furan rings is 1. The molecule has 0 saturated carbocycles. The normalized spacial score (nSPS) is 10.2. The SMILES string of the molecule is CCNC(=O)NC(=O)COC(=O)C=Cc1ccco1. The van der Waals surface area contributed by atoms with E-state index in [-0.39, 0.29) is 0 Å². The van der Waals surface area contributed by atoms with E-state index in [1.807, 2.05) is 5.32 Å². The number of amides is 3. The summed E-state index contributed by atoms with van der Waals surface area (Å²) in [6.07, 6.45) is 3.99. The quantitative estimate of drug-likeness (QED) is 0.603. The molecule has 0 atom stereocenters. The zero-order valence-corrected chi connectivity index (χ0v) is 10.3. The molecular formula is C12H14N2O5. The van der Waals surface area contributed by atoms with Gasteiger partial charge < -0.3 is 14.5 Å². The van der Waals surface area contributed by atoms with E-state index in [0.29, 0.717) is 12.3 Å². The van der Waals surface area contributed by atoms with Crippen molar-refractivity contribution in [2.75, 3.05) is 13.2 Å².